The number of nitrogen functional groups attached to an aromatic ring is 1. The quantitative estimate of drug-likeness (QED) is 0.513. The minimum Gasteiger partial charge on any atom is -0.459 e. The molecule has 2 N–H and O–H groups in total. The van der Waals surface area contributed by atoms with Crippen molar-refractivity contribution < 1.29 is 9.53 Å². The number of rotatable bonds is 4. The molecule has 0 atom stereocenters. The van der Waals surface area contributed by atoms with Crippen LogP contribution in [0.15, 0.2) is 11.2 Å². The van der Waals surface area contributed by atoms with E-state index in [0.717, 1.165) is 11.4 Å². The molecule has 120 valence electrons. The molecule has 22 heavy (non-hydrogen) atoms. The zero-order valence-corrected chi connectivity index (χ0v) is 14.1. The Labute approximate surface area is 133 Å². The maximum atomic E-state index is 11.7. The Morgan fingerprint density at radius 3 is 2.59 bits per heavy atom. The molecule has 9 heteroatoms. The summed E-state index contributed by atoms with van der Waals surface area (Å²) < 4.78 is 8.16. The lowest BCUT2D eigenvalue weighted by Gasteiger charge is -2.19. The highest BCUT2D eigenvalue weighted by molar-refractivity contribution is 7.99. The topological polar surface area (TPSA) is 101 Å². The van der Waals surface area contributed by atoms with Gasteiger partial charge in [-0.05, 0) is 40.7 Å². The number of hydrogen-bond donors (Lipinski definition) is 1. The third-order valence-corrected chi connectivity index (χ3v) is 3.50. The van der Waals surface area contributed by atoms with Crippen molar-refractivity contribution in [1.29, 1.82) is 0 Å². The molecule has 0 bridgehead atoms. The van der Waals surface area contributed by atoms with Crippen LogP contribution < -0.4 is 5.84 Å². The molecule has 0 aromatic carbocycles. The first-order valence-corrected chi connectivity index (χ1v) is 7.75. The average Bonchev–Trinajstić information content (AvgIpc) is 2.87. The molecule has 2 aromatic rings. The van der Waals surface area contributed by atoms with Crippen molar-refractivity contribution >= 4 is 17.7 Å². The molecule has 0 saturated carbocycles. The van der Waals surface area contributed by atoms with E-state index in [2.05, 4.69) is 15.3 Å². The van der Waals surface area contributed by atoms with Gasteiger partial charge in [-0.2, -0.15) is 5.10 Å². The number of hydrogen-bond acceptors (Lipinski definition) is 7. The second kappa shape index (κ2) is 5.99. The summed E-state index contributed by atoms with van der Waals surface area (Å²) >= 11 is 1.17. The third kappa shape index (κ3) is 3.79. The van der Waals surface area contributed by atoms with Crippen molar-refractivity contribution in [2.75, 3.05) is 11.6 Å². The van der Waals surface area contributed by atoms with Gasteiger partial charge in [0, 0.05) is 5.69 Å². The van der Waals surface area contributed by atoms with E-state index in [1.54, 1.807) is 4.68 Å². The van der Waals surface area contributed by atoms with Gasteiger partial charge in [-0.15, -0.1) is 10.2 Å². The summed E-state index contributed by atoms with van der Waals surface area (Å²) in [6, 6.07) is 1.92. The van der Waals surface area contributed by atoms with Gasteiger partial charge in [0.25, 0.3) is 5.95 Å². The first-order chi connectivity index (χ1) is 10.2. The van der Waals surface area contributed by atoms with E-state index in [-0.39, 0.29) is 11.7 Å². The standard InChI is InChI=1S/C13H20N6O2S/c1-8-6-9(2)19(17-8)11-15-16-12(18(11)14)22-7-10(20)21-13(3,4)5/h6H,7,14H2,1-5H3. The predicted octanol–water partition coefficient (Wildman–Crippen LogP) is 1.23. The third-order valence-electron chi connectivity index (χ3n) is 2.58. The summed E-state index contributed by atoms with van der Waals surface area (Å²) in [5.74, 6) is 6.17. The van der Waals surface area contributed by atoms with E-state index < -0.39 is 5.60 Å². The van der Waals surface area contributed by atoms with Gasteiger partial charge >= 0.3 is 5.97 Å². The number of thioether (sulfide) groups is 1. The van der Waals surface area contributed by atoms with Gasteiger partial charge in [0.05, 0.1) is 11.4 Å². The zero-order chi connectivity index (χ0) is 16.5. The minimum absolute atomic E-state index is 0.115. The fourth-order valence-corrected chi connectivity index (χ4v) is 2.46. The lowest BCUT2D eigenvalue weighted by Crippen LogP contribution is -2.25. The summed E-state index contributed by atoms with van der Waals surface area (Å²) in [7, 11) is 0. The Balaban J connectivity index is 2.09. The van der Waals surface area contributed by atoms with Crippen LogP contribution in [0.2, 0.25) is 0 Å². The van der Waals surface area contributed by atoms with Crippen molar-refractivity contribution in [3.05, 3.63) is 17.5 Å². The maximum absolute atomic E-state index is 11.7. The van der Waals surface area contributed by atoms with E-state index in [4.69, 9.17) is 10.6 Å². The summed E-state index contributed by atoms with van der Waals surface area (Å²) in [6.07, 6.45) is 0. The lowest BCUT2D eigenvalue weighted by molar-refractivity contribution is -0.151. The van der Waals surface area contributed by atoms with Crippen LogP contribution in [0, 0.1) is 13.8 Å². The van der Waals surface area contributed by atoms with Crippen molar-refractivity contribution in [3.63, 3.8) is 0 Å². The number of ether oxygens (including phenoxy) is 1. The van der Waals surface area contributed by atoms with Crippen molar-refractivity contribution in [2.45, 2.75) is 45.4 Å². The highest BCUT2D eigenvalue weighted by Gasteiger charge is 2.19. The van der Waals surface area contributed by atoms with Gasteiger partial charge in [0.15, 0.2) is 0 Å². The first kappa shape index (κ1) is 16.3. The largest absolute Gasteiger partial charge is 0.459 e. The van der Waals surface area contributed by atoms with Gasteiger partial charge < -0.3 is 10.6 Å². The van der Waals surface area contributed by atoms with Crippen molar-refractivity contribution in [1.82, 2.24) is 24.7 Å². The summed E-state index contributed by atoms with van der Waals surface area (Å²) in [5, 5.41) is 12.8. The van der Waals surface area contributed by atoms with Gasteiger partial charge in [0.1, 0.15) is 5.60 Å². The van der Waals surface area contributed by atoms with Crippen LogP contribution in [0.3, 0.4) is 0 Å². The van der Waals surface area contributed by atoms with Crippen LogP contribution in [0.5, 0.6) is 0 Å². The van der Waals surface area contributed by atoms with Crippen molar-refractivity contribution in [2.24, 2.45) is 0 Å². The number of esters is 1. The Morgan fingerprint density at radius 1 is 1.36 bits per heavy atom. The van der Waals surface area contributed by atoms with E-state index in [0.29, 0.717) is 11.1 Å². The number of nitrogens with zero attached hydrogens (tertiary/aromatic N) is 5. The number of aryl methyl sites for hydroxylation is 2. The molecule has 0 aliphatic carbocycles. The van der Waals surface area contributed by atoms with Crippen LogP contribution in [0.25, 0.3) is 5.95 Å². The van der Waals surface area contributed by atoms with Crippen LogP contribution in [-0.2, 0) is 9.53 Å². The highest BCUT2D eigenvalue weighted by Crippen LogP contribution is 2.18. The Kier molecular flexibility index (Phi) is 4.45. The average molecular weight is 324 g/mol. The van der Waals surface area contributed by atoms with Crippen LogP contribution in [-0.4, -0.2) is 42.0 Å². The molecule has 8 nitrogen and oxygen atoms in total. The fraction of sp³-hybridized carbons (Fsp3) is 0.538. The van der Waals surface area contributed by atoms with Gasteiger partial charge in [-0.25, -0.2) is 9.36 Å². The van der Waals surface area contributed by atoms with Gasteiger partial charge in [0.2, 0.25) is 5.16 Å². The van der Waals surface area contributed by atoms with E-state index in [1.807, 2.05) is 40.7 Å². The van der Waals surface area contributed by atoms with E-state index in [1.165, 1.54) is 16.4 Å². The number of nitrogens with two attached hydrogens (primary N) is 1. The maximum Gasteiger partial charge on any atom is 0.316 e. The molecular weight excluding hydrogens is 304 g/mol. The van der Waals surface area contributed by atoms with Crippen LogP contribution in [0.1, 0.15) is 32.2 Å². The number of carbonyl (C=O) groups is 1. The van der Waals surface area contributed by atoms with Crippen LogP contribution >= 0.6 is 11.8 Å². The Hall–Kier alpha value is -2.03. The molecule has 0 fully saturated rings. The molecule has 0 amide bonds. The smallest absolute Gasteiger partial charge is 0.316 e. The summed E-state index contributed by atoms with van der Waals surface area (Å²) in [6.45, 7) is 9.26. The van der Waals surface area contributed by atoms with Crippen LogP contribution in [0.4, 0.5) is 0 Å². The molecule has 0 aliphatic rings. The number of carbonyl (C=O) groups excluding carboxylic acids is 1. The van der Waals surface area contributed by atoms with E-state index >= 15 is 0 Å². The second-order valence-electron chi connectivity index (χ2n) is 5.87. The first-order valence-electron chi connectivity index (χ1n) is 6.76. The molecule has 0 unspecified atom stereocenters. The molecule has 0 saturated heterocycles. The van der Waals surface area contributed by atoms with Gasteiger partial charge in [-0.3, -0.25) is 4.79 Å². The lowest BCUT2D eigenvalue weighted by atomic mass is 10.2. The number of aromatic nitrogens is 5. The molecule has 2 aromatic heterocycles. The predicted molar refractivity (Wildman–Crippen MR) is 83.3 cm³/mol. The molecular formula is C13H20N6O2S. The monoisotopic (exact) mass is 324 g/mol. The second-order valence-corrected chi connectivity index (χ2v) is 6.81. The summed E-state index contributed by atoms with van der Waals surface area (Å²) in [5.41, 5.74) is 1.26. The molecule has 2 heterocycles. The molecule has 0 radical (unpaired) electrons. The zero-order valence-electron chi connectivity index (χ0n) is 13.3. The Morgan fingerprint density at radius 2 is 2.05 bits per heavy atom. The molecule has 0 spiro atoms. The fourth-order valence-electron chi connectivity index (χ4n) is 1.84. The SMILES string of the molecule is Cc1cc(C)n(-c2nnc(SCC(=O)OC(C)(C)C)n2N)n1. The molecule has 0 aliphatic heterocycles. The molecule has 2 rings (SSSR count). The van der Waals surface area contributed by atoms with Gasteiger partial charge in [-0.1, -0.05) is 11.8 Å². The summed E-state index contributed by atoms with van der Waals surface area (Å²) in [4.78, 5) is 11.7. The van der Waals surface area contributed by atoms with Crippen molar-refractivity contribution in [3.8, 4) is 5.95 Å². The minimum atomic E-state index is -0.511. The van der Waals surface area contributed by atoms with E-state index in [9.17, 15) is 4.79 Å². The normalized spacial score (nSPS) is 11.7. The highest BCUT2D eigenvalue weighted by atomic mass is 32.2. The Bertz CT molecular complexity index is 685.